The van der Waals surface area contributed by atoms with Gasteiger partial charge in [0.2, 0.25) is 5.91 Å². The van der Waals surface area contributed by atoms with E-state index in [0.717, 1.165) is 12.2 Å². The largest absolute Gasteiger partial charge is 0.349 e. The van der Waals surface area contributed by atoms with E-state index in [1.54, 1.807) is 6.20 Å². The second kappa shape index (κ2) is 7.16. The van der Waals surface area contributed by atoms with E-state index in [9.17, 15) is 4.79 Å². The number of aromatic nitrogens is 2. The molecule has 0 saturated carbocycles. The molecule has 0 aliphatic carbocycles. The first-order valence-electron chi connectivity index (χ1n) is 6.45. The van der Waals surface area contributed by atoms with E-state index < -0.39 is 0 Å². The number of aryl methyl sites for hydroxylation is 1. The summed E-state index contributed by atoms with van der Waals surface area (Å²) >= 11 is 0. The van der Waals surface area contributed by atoms with Crippen LogP contribution in [0.4, 0.5) is 0 Å². The summed E-state index contributed by atoms with van der Waals surface area (Å²) in [6.07, 6.45) is 5.08. The van der Waals surface area contributed by atoms with Crippen LogP contribution in [0.2, 0.25) is 0 Å². The third-order valence-electron chi connectivity index (χ3n) is 2.98. The van der Waals surface area contributed by atoms with Crippen LogP contribution in [-0.2, 0) is 18.4 Å². The number of nitrogens with two attached hydrogens (primary N) is 1. The summed E-state index contributed by atoms with van der Waals surface area (Å²) in [5.74, 6) is 1.75. The molecule has 0 bridgehead atoms. The van der Waals surface area contributed by atoms with Crippen molar-refractivity contribution < 1.29 is 4.79 Å². The molecule has 1 rings (SSSR count). The van der Waals surface area contributed by atoms with Gasteiger partial charge in [-0.25, -0.2) is 4.98 Å². The molecule has 18 heavy (non-hydrogen) atoms. The molecule has 1 atom stereocenters. The lowest BCUT2D eigenvalue weighted by Crippen LogP contribution is -2.29. The van der Waals surface area contributed by atoms with Crippen LogP contribution in [0.5, 0.6) is 0 Å². The predicted octanol–water partition coefficient (Wildman–Crippen LogP) is 1.05. The van der Waals surface area contributed by atoms with Gasteiger partial charge < -0.3 is 15.6 Å². The Morgan fingerprint density at radius 3 is 2.78 bits per heavy atom. The topological polar surface area (TPSA) is 72.9 Å². The van der Waals surface area contributed by atoms with Crippen molar-refractivity contribution in [1.29, 1.82) is 0 Å². The maximum atomic E-state index is 11.8. The minimum Gasteiger partial charge on any atom is -0.349 e. The van der Waals surface area contributed by atoms with Crippen LogP contribution in [0.15, 0.2) is 12.4 Å². The lowest BCUT2D eigenvalue weighted by atomic mass is 9.94. The first-order chi connectivity index (χ1) is 8.52. The summed E-state index contributed by atoms with van der Waals surface area (Å²) < 4.78 is 1.90. The number of hydrogen-bond acceptors (Lipinski definition) is 3. The molecule has 0 aliphatic heterocycles. The maximum Gasteiger partial charge on any atom is 0.220 e. The highest BCUT2D eigenvalue weighted by molar-refractivity contribution is 5.76. The SMILES string of the molecule is CC(C)CC(CN)CC(=O)NCc1nccn1C. The highest BCUT2D eigenvalue weighted by atomic mass is 16.1. The monoisotopic (exact) mass is 252 g/mol. The number of imidazole rings is 1. The summed E-state index contributed by atoms with van der Waals surface area (Å²) in [7, 11) is 1.91. The first-order valence-corrected chi connectivity index (χ1v) is 6.45. The summed E-state index contributed by atoms with van der Waals surface area (Å²) in [6.45, 7) is 5.33. The standard InChI is InChI=1S/C13H24N4O/c1-10(2)6-11(8-14)7-13(18)16-9-12-15-4-5-17(12)3/h4-5,10-11H,6-9,14H2,1-3H3,(H,16,18). The molecule has 102 valence electrons. The van der Waals surface area contributed by atoms with Gasteiger partial charge in [0.15, 0.2) is 0 Å². The van der Waals surface area contributed by atoms with Crippen LogP contribution in [0, 0.1) is 11.8 Å². The molecule has 0 aliphatic rings. The lowest BCUT2D eigenvalue weighted by molar-refractivity contribution is -0.122. The molecular weight excluding hydrogens is 228 g/mol. The minimum absolute atomic E-state index is 0.0501. The summed E-state index contributed by atoms with van der Waals surface area (Å²) in [5.41, 5.74) is 5.69. The Morgan fingerprint density at radius 2 is 2.28 bits per heavy atom. The fraction of sp³-hybridized carbons (Fsp3) is 0.692. The number of amides is 1. The quantitative estimate of drug-likeness (QED) is 0.761. The smallest absolute Gasteiger partial charge is 0.220 e. The molecule has 1 aromatic heterocycles. The fourth-order valence-corrected chi connectivity index (χ4v) is 2.01. The predicted molar refractivity (Wildman–Crippen MR) is 71.7 cm³/mol. The van der Waals surface area contributed by atoms with Crippen molar-refractivity contribution in [3.05, 3.63) is 18.2 Å². The van der Waals surface area contributed by atoms with Gasteiger partial charge in [-0.15, -0.1) is 0 Å². The van der Waals surface area contributed by atoms with E-state index in [1.807, 2.05) is 17.8 Å². The summed E-state index contributed by atoms with van der Waals surface area (Å²) in [5, 5.41) is 2.89. The van der Waals surface area contributed by atoms with Gasteiger partial charge in [0, 0.05) is 25.9 Å². The van der Waals surface area contributed by atoms with Crippen molar-refractivity contribution in [3.63, 3.8) is 0 Å². The van der Waals surface area contributed by atoms with Gasteiger partial charge >= 0.3 is 0 Å². The average molecular weight is 252 g/mol. The Bertz CT molecular complexity index is 373. The molecule has 5 nitrogen and oxygen atoms in total. The zero-order valence-corrected chi connectivity index (χ0v) is 11.5. The van der Waals surface area contributed by atoms with E-state index in [4.69, 9.17) is 5.73 Å². The average Bonchev–Trinajstić information content (AvgIpc) is 2.70. The fourth-order valence-electron chi connectivity index (χ4n) is 2.01. The first kappa shape index (κ1) is 14.7. The highest BCUT2D eigenvalue weighted by Crippen LogP contribution is 2.14. The molecule has 5 heteroatoms. The molecule has 3 N–H and O–H groups in total. The maximum absolute atomic E-state index is 11.8. The third-order valence-corrected chi connectivity index (χ3v) is 2.98. The molecule has 0 spiro atoms. The molecule has 1 aromatic rings. The van der Waals surface area contributed by atoms with E-state index in [-0.39, 0.29) is 11.8 Å². The summed E-state index contributed by atoms with van der Waals surface area (Å²) in [6, 6.07) is 0. The van der Waals surface area contributed by atoms with Crippen LogP contribution in [-0.4, -0.2) is 22.0 Å². The van der Waals surface area contributed by atoms with Crippen molar-refractivity contribution >= 4 is 5.91 Å². The van der Waals surface area contributed by atoms with Gasteiger partial charge in [-0.05, 0) is 24.8 Å². The van der Waals surface area contributed by atoms with Crippen LogP contribution in [0.3, 0.4) is 0 Å². The molecule has 0 saturated heterocycles. The lowest BCUT2D eigenvalue weighted by Gasteiger charge is -2.16. The Balaban J connectivity index is 2.34. The van der Waals surface area contributed by atoms with Crippen molar-refractivity contribution in [2.45, 2.75) is 33.2 Å². The van der Waals surface area contributed by atoms with Crippen LogP contribution >= 0.6 is 0 Å². The Labute approximate surface area is 109 Å². The number of nitrogens with zero attached hydrogens (tertiary/aromatic N) is 2. The number of nitrogens with one attached hydrogen (secondary N) is 1. The molecule has 0 radical (unpaired) electrons. The second-order valence-electron chi connectivity index (χ2n) is 5.17. The number of carbonyl (C=O) groups is 1. The van der Waals surface area contributed by atoms with Gasteiger partial charge in [-0.3, -0.25) is 4.79 Å². The van der Waals surface area contributed by atoms with Crippen LogP contribution < -0.4 is 11.1 Å². The molecular formula is C13H24N4O. The molecule has 1 amide bonds. The number of rotatable bonds is 7. The molecule has 1 unspecified atom stereocenters. The van der Waals surface area contributed by atoms with Gasteiger partial charge in [0.25, 0.3) is 0 Å². The van der Waals surface area contributed by atoms with Gasteiger partial charge in [0.1, 0.15) is 5.82 Å². The van der Waals surface area contributed by atoms with Gasteiger partial charge in [-0.1, -0.05) is 13.8 Å². The summed E-state index contributed by atoms with van der Waals surface area (Å²) in [4.78, 5) is 16.0. The van der Waals surface area contributed by atoms with Crippen molar-refractivity contribution in [1.82, 2.24) is 14.9 Å². The van der Waals surface area contributed by atoms with Crippen LogP contribution in [0.1, 0.15) is 32.5 Å². The normalized spacial score (nSPS) is 12.7. The van der Waals surface area contributed by atoms with Gasteiger partial charge in [0.05, 0.1) is 6.54 Å². The number of hydrogen-bond donors (Lipinski definition) is 2. The Morgan fingerprint density at radius 1 is 1.56 bits per heavy atom. The molecule has 0 aromatic carbocycles. The minimum atomic E-state index is 0.0501. The van der Waals surface area contributed by atoms with Crippen molar-refractivity contribution in [2.75, 3.05) is 6.54 Å². The van der Waals surface area contributed by atoms with Crippen molar-refractivity contribution in [2.24, 2.45) is 24.6 Å². The van der Waals surface area contributed by atoms with Gasteiger partial charge in [-0.2, -0.15) is 0 Å². The second-order valence-corrected chi connectivity index (χ2v) is 5.17. The Hall–Kier alpha value is -1.36. The van der Waals surface area contributed by atoms with Crippen molar-refractivity contribution in [3.8, 4) is 0 Å². The molecule has 0 fully saturated rings. The highest BCUT2D eigenvalue weighted by Gasteiger charge is 2.14. The number of carbonyl (C=O) groups excluding carboxylic acids is 1. The van der Waals surface area contributed by atoms with E-state index >= 15 is 0 Å². The van der Waals surface area contributed by atoms with E-state index in [1.165, 1.54) is 0 Å². The third kappa shape index (κ3) is 4.87. The van der Waals surface area contributed by atoms with E-state index in [0.29, 0.717) is 25.4 Å². The van der Waals surface area contributed by atoms with E-state index in [2.05, 4.69) is 24.1 Å². The molecule has 1 heterocycles. The zero-order chi connectivity index (χ0) is 13.5. The van der Waals surface area contributed by atoms with Crippen LogP contribution in [0.25, 0.3) is 0 Å². The zero-order valence-electron chi connectivity index (χ0n) is 11.5. The Kier molecular flexibility index (Phi) is 5.85.